The van der Waals surface area contributed by atoms with Gasteiger partial charge in [0, 0.05) is 12.3 Å². The Morgan fingerprint density at radius 1 is 1.41 bits per heavy atom. The Labute approximate surface area is 137 Å². The minimum absolute atomic E-state index is 0.687. The van der Waals surface area contributed by atoms with Gasteiger partial charge in [0.1, 0.15) is 11.6 Å². The maximum atomic E-state index is 5.76. The second kappa shape index (κ2) is 6.50. The SMILES string of the molecule is C=CCn1c(C)nnc1SCc1nc(-c2cccs2)oc1C. The first-order valence-electron chi connectivity index (χ1n) is 6.82. The van der Waals surface area contributed by atoms with Crippen molar-refractivity contribution < 1.29 is 4.42 Å². The Kier molecular flexibility index (Phi) is 4.44. The zero-order chi connectivity index (χ0) is 15.5. The molecule has 0 aliphatic heterocycles. The molecule has 3 aromatic rings. The molecular formula is C15H16N4OS2. The average molecular weight is 332 g/mol. The number of oxazole rings is 1. The molecule has 0 bridgehead atoms. The van der Waals surface area contributed by atoms with Crippen LogP contribution in [0.2, 0.25) is 0 Å². The third-order valence-electron chi connectivity index (χ3n) is 3.18. The lowest BCUT2D eigenvalue weighted by Gasteiger charge is -2.04. The van der Waals surface area contributed by atoms with Gasteiger partial charge >= 0.3 is 0 Å². The van der Waals surface area contributed by atoms with Crippen molar-refractivity contribution in [3.05, 3.63) is 47.4 Å². The molecule has 5 nitrogen and oxygen atoms in total. The van der Waals surface area contributed by atoms with Crippen molar-refractivity contribution in [2.24, 2.45) is 0 Å². The third kappa shape index (κ3) is 3.00. The van der Waals surface area contributed by atoms with Gasteiger partial charge in [0.25, 0.3) is 0 Å². The van der Waals surface area contributed by atoms with E-state index in [0.717, 1.165) is 27.3 Å². The molecule has 0 saturated carbocycles. The van der Waals surface area contributed by atoms with E-state index >= 15 is 0 Å². The minimum atomic E-state index is 0.687. The minimum Gasteiger partial charge on any atom is -0.440 e. The number of rotatable bonds is 6. The van der Waals surface area contributed by atoms with E-state index in [1.165, 1.54) is 0 Å². The van der Waals surface area contributed by atoms with Crippen molar-refractivity contribution in [2.45, 2.75) is 31.3 Å². The third-order valence-corrected chi connectivity index (χ3v) is 5.01. The van der Waals surface area contributed by atoms with Gasteiger partial charge in [0.05, 0.1) is 10.6 Å². The van der Waals surface area contributed by atoms with E-state index in [1.807, 2.05) is 42.0 Å². The van der Waals surface area contributed by atoms with E-state index in [0.29, 0.717) is 18.2 Å². The number of hydrogen-bond acceptors (Lipinski definition) is 6. The topological polar surface area (TPSA) is 56.7 Å². The Balaban J connectivity index is 1.76. The zero-order valence-electron chi connectivity index (χ0n) is 12.4. The van der Waals surface area contributed by atoms with Crippen LogP contribution in [-0.4, -0.2) is 19.7 Å². The molecule has 3 aromatic heterocycles. The number of allylic oxidation sites excluding steroid dienone is 1. The van der Waals surface area contributed by atoms with Gasteiger partial charge in [0.2, 0.25) is 5.89 Å². The zero-order valence-corrected chi connectivity index (χ0v) is 14.1. The van der Waals surface area contributed by atoms with E-state index in [4.69, 9.17) is 4.42 Å². The monoisotopic (exact) mass is 332 g/mol. The molecule has 0 amide bonds. The molecule has 0 spiro atoms. The summed E-state index contributed by atoms with van der Waals surface area (Å²) in [6.45, 7) is 8.36. The average Bonchev–Trinajstić information content (AvgIpc) is 3.20. The van der Waals surface area contributed by atoms with E-state index in [2.05, 4.69) is 21.8 Å². The van der Waals surface area contributed by atoms with Crippen LogP contribution in [0.3, 0.4) is 0 Å². The summed E-state index contributed by atoms with van der Waals surface area (Å²) >= 11 is 3.23. The molecule has 3 heterocycles. The fourth-order valence-corrected chi connectivity index (χ4v) is 3.65. The molecule has 0 atom stereocenters. The van der Waals surface area contributed by atoms with Crippen molar-refractivity contribution in [2.75, 3.05) is 0 Å². The predicted molar refractivity (Wildman–Crippen MR) is 89.1 cm³/mol. The van der Waals surface area contributed by atoms with Gasteiger partial charge in [-0.3, -0.25) is 0 Å². The van der Waals surface area contributed by atoms with Gasteiger partial charge in [0.15, 0.2) is 5.16 Å². The number of aromatic nitrogens is 4. The number of nitrogens with zero attached hydrogens (tertiary/aromatic N) is 4. The largest absolute Gasteiger partial charge is 0.440 e. The maximum Gasteiger partial charge on any atom is 0.236 e. The van der Waals surface area contributed by atoms with Gasteiger partial charge < -0.3 is 8.98 Å². The molecular weight excluding hydrogens is 316 g/mol. The number of hydrogen-bond donors (Lipinski definition) is 0. The van der Waals surface area contributed by atoms with Crippen molar-refractivity contribution in [3.63, 3.8) is 0 Å². The van der Waals surface area contributed by atoms with Crippen LogP contribution < -0.4 is 0 Å². The van der Waals surface area contributed by atoms with Crippen molar-refractivity contribution in [1.82, 2.24) is 19.7 Å². The highest BCUT2D eigenvalue weighted by Crippen LogP contribution is 2.29. The molecule has 0 unspecified atom stereocenters. The molecule has 114 valence electrons. The summed E-state index contributed by atoms with van der Waals surface area (Å²) in [6.07, 6.45) is 1.84. The van der Waals surface area contributed by atoms with Gasteiger partial charge in [-0.05, 0) is 25.3 Å². The first-order chi connectivity index (χ1) is 10.7. The predicted octanol–water partition coefficient (Wildman–Crippen LogP) is 4.09. The molecule has 0 saturated heterocycles. The van der Waals surface area contributed by atoms with Crippen molar-refractivity contribution >= 4 is 23.1 Å². The van der Waals surface area contributed by atoms with Gasteiger partial charge in [-0.25, -0.2) is 4.98 Å². The molecule has 0 radical (unpaired) electrons. The second-order valence-corrected chi connectivity index (χ2v) is 6.61. The lowest BCUT2D eigenvalue weighted by Crippen LogP contribution is -2.00. The normalized spacial score (nSPS) is 11.0. The van der Waals surface area contributed by atoms with Crippen LogP contribution in [0.4, 0.5) is 0 Å². The van der Waals surface area contributed by atoms with E-state index in [-0.39, 0.29) is 0 Å². The molecule has 0 N–H and O–H groups in total. The number of thioether (sulfide) groups is 1. The van der Waals surface area contributed by atoms with Crippen LogP contribution in [-0.2, 0) is 12.3 Å². The fraction of sp³-hybridized carbons (Fsp3) is 0.267. The van der Waals surface area contributed by atoms with Crippen LogP contribution in [0, 0.1) is 13.8 Å². The van der Waals surface area contributed by atoms with Crippen LogP contribution in [0.1, 0.15) is 17.3 Å². The Bertz CT molecular complexity index is 774. The smallest absolute Gasteiger partial charge is 0.236 e. The van der Waals surface area contributed by atoms with Gasteiger partial charge in [-0.2, -0.15) is 0 Å². The molecule has 7 heteroatoms. The van der Waals surface area contributed by atoms with E-state index in [9.17, 15) is 0 Å². The lowest BCUT2D eigenvalue weighted by molar-refractivity contribution is 0.542. The molecule has 0 aromatic carbocycles. The summed E-state index contributed by atoms with van der Waals surface area (Å²) in [7, 11) is 0. The summed E-state index contributed by atoms with van der Waals surface area (Å²) in [5, 5.41) is 11.2. The highest BCUT2D eigenvalue weighted by atomic mass is 32.2. The molecule has 0 aliphatic carbocycles. The summed E-state index contributed by atoms with van der Waals surface area (Å²) in [4.78, 5) is 5.64. The summed E-state index contributed by atoms with van der Waals surface area (Å²) in [5.41, 5.74) is 0.944. The molecule has 0 fully saturated rings. The highest BCUT2D eigenvalue weighted by molar-refractivity contribution is 7.98. The van der Waals surface area contributed by atoms with E-state index < -0.39 is 0 Å². The molecule has 0 aliphatic rings. The van der Waals surface area contributed by atoms with Crippen LogP contribution in [0.25, 0.3) is 10.8 Å². The second-order valence-electron chi connectivity index (χ2n) is 4.72. The highest BCUT2D eigenvalue weighted by Gasteiger charge is 2.14. The Hall–Kier alpha value is -1.86. The van der Waals surface area contributed by atoms with Crippen molar-refractivity contribution in [3.8, 4) is 10.8 Å². The van der Waals surface area contributed by atoms with Gasteiger partial charge in [-0.1, -0.05) is 23.9 Å². The van der Waals surface area contributed by atoms with Crippen LogP contribution >= 0.6 is 23.1 Å². The fourth-order valence-electron chi connectivity index (χ4n) is 2.01. The first kappa shape index (κ1) is 15.1. The van der Waals surface area contributed by atoms with Crippen LogP contribution in [0.15, 0.2) is 39.7 Å². The Morgan fingerprint density at radius 2 is 2.27 bits per heavy atom. The van der Waals surface area contributed by atoms with Crippen LogP contribution in [0.5, 0.6) is 0 Å². The standard InChI is InChI=1S/C15H16N4OS2/c1-4-7-19-11(3)17-18-15(19)22-9-12-10(2)20-14(16-12)13-6-5-8-21-13/h4-6,8H,1,7,9H2,2-3H3. The lowest BCUT2D eigenvalue weighted by atomic mass is 10.4. The quantitative estimate of drug-likeness (QED) is 0.503. The Morgan fingerprint density at radius 3 is 3.00 bits per heavy atom. The number of aryl methyl sites for hydroxylation is 2. The summed E-state index contributed by atoms with van der Waals surface area (Å²) < 4.78 is 7.79. The van der Waals surface area contributed by atoms with Crippen molar-refractivity contribution in [1.29, 1.82) is 0 Å². The molecule has 3 rings (SSSR count). The van der Waals surface area contributed by atoms with Gasteiger partial charge in [-0.15, -0.1) is 28.1 Å². The summed E-state index contributed by atoms with van der Waals surface area (Å²) in [6, 6.07) is 4.01. The first-order valence-corrected chi connectivity index (χ1v) is 8.69. The van der Waals surface area contributed by atoms with E-state index in [1.54, 1.807) is 23.1 Å². The number of thiophene rings is 1. The summed E-state index contributed by atoms with van der Waals surface area (Å²) in [5.74, 6) is 3.13. The maximum absolute atomic E-state index is 5.76. The molecule has 22 heavy (non-hydrogen) atoms.